The fraction of sp³-hybridized carbons (Fsp3) is 0.200. The Kier molecular flexibility index (Phi) is 2.99. The lowest BCUT2D eigenvalue weighted by Gasteiger charge is -2.05. The molecule has 0 saturated heterocycles. The molecule has 3 rings (SSSR count). The third kappa shape index (κ3) is 2.34. The third-order valence-electron chi connectivity index (χ3n) is 3.35. The summed E-state index contributed by atoms with van der Waals surface area (Å²) in [5, 5.41) is 9.19. The van der Waals surface area contributed by atoms with Gasteiger partial charge in [0.25, 0.3) is 0 Å². The molecule has 0 aliphatic heterocycles. The maximum Gasteiger partial charge on any atom is 0.113 e. The van der Waals surface area contributed by atoms with Crippen molar-refractivity contribution in [3.8, 4) is 0 Å². The van der Waals surface area contributed by atoms with Gasteiger partial charge in [0.15, 0.2) is 0 Å². The topological polar surface area (TPSA) is 30.7 Å². The Morgan fingerprint density at radius 2 is 1.89 bits per heavy atom. The van der Waals surface area contributed by atoms with Crippen LogP contribution in [0.2, 0.25) is 5.02 Å². The first-order valence-electron chi connectivity index (χ1n) is 6.18. The van der Waals surface area contributed by atoms with Gasteiger partial charge in [-0.3, -0.25) is 0 Å². The highest BCUT2D eigenvalue weighted by molar-refractivity contribution is 6.30. The lowest BCUT2D eigenvalue weighted by Crippen LogP contribution is -2.02. The fourth-order valence-corrected chi connectivity index (χ4v) is 2.36. The third-order valence-corrected chi connectivity index (χ3v) is 3.59. The zero-order valence-electron chi connectivity index (χ0n) is 10.9. The highest BCUT2D eigenvalue weighted by Gasteiger charge is 2.07. The molecular weight excluding hydrogens is 258 g/mol. The average Bonchev–Trinajstić information content (AvgIpc) is 2.73. The van der Waals surface area contributed by atoms with Gasteiger partial charge in [-0.2, -0.15) is 0 Å². The molecule has 0 amide bonds. The smallest absolute Gasteiger partial charge is 0.113 e. The summed E-state index contributed by atoms with van der Waals surface area (Å²) in [5.74, 6) is 0. The summed E-state index contributed by atoms with van der Waals surface area (Å²) >= 11 is 6.00. The van der Waals surface area contributed by atoms with E-state index in [2.05, 4.69) is 36.3 Å². The zero-order chi connectivity index (χ0) is 13.4. The largest absolute Gasteiger partial charge is 0.240 e. The number of hydrogen-bond acceptors (Lipinski definition) is 2. The Bertz CT molecular complexity index is 746. The number of aryl methyl sites for hydroxylation is 2. The van der Waals surface area contributed by atoms with Crippen molar-refractivity contribution in [2.24, 2.45) is 0 Å². The number of hydrogen-bond donors (Lipinski definition) is 0. The number of fused-ring (bicyclic) bond motifs is 1. The second-order valence-electron chi connectivity index (χ2n) is 4.80. The van der Waals surface area contributed by atoms with E-state index in [9.17, 15) is 0 Å². The molecule has 1 heterocycles. The number of rotatable bonds is 2. The van der Waals surface area contributed by atoms with E-state index in [1.54, 1.807) is 0 Å². The Hall–Kier alpha value is -1.87. The van der Waals surface area contributed by atoms with Crippen LogP contribution in [0.25, 0.3) is 11.0 Å². The van der Waals surface area contributed by atoms with Gasteiger partial charge in [-0.05, 0) is 54.8 Å². The molecule has 0 aliphatic carbocycles. The van der Waals surface area contributed by atoms with Gasteiger partial charge in [0.2, 0.25) is 0 Å². The van der Waals surface area contributed by atoms with E-state index < -0.39 is 0 Å². The van der Waals surface area contributed by atoms with Crippen LogP contribution in [0.4, 0.5) is 0 Å². The Labute approximate surface area is 116 Å². The van der Waals surface area contributed by atoms with Crippen molar-refractivity contribution >= 4 is 22.6 Å². The molecule has 0 saturated carbocycles. The van der Waals surface area contributed by atoms with Gasteiger partial charge >= 0.3 is 0 Å². The summed E-state index contributed by atoms with van der Waals surface area (Å²) in [6.07, 6.45) is 0. The van der Waals surface area contributed by atoms with Crippen molar-refractivity contribution in [3.63, 3.8) is 0 Å². The van der Waals surface area contributed by atoms with E-state index >= 15 is 0 Å². The van der Waals surface area contributed by atoms with Crippen molar-refractivity contribution in [2.75, 3.05) is 0 Å². The first kappa shape index (κ1) is 12.2. The highest BCUT2D eigenvalue weighted by Crippen LogP contribution is 2.19. The minimum Gasteiger partial charge on any atom is -0.240 e. The first-order valence-corrected chi connectivity index (χ1v) is 6.56. The second kappa shape index (κ2) is 4.67. The summed E-state index contributed by atoms with van der Waals surface area (Å²) in [5.41, 5.74) is 5.61. The van der Waals surface area contributed by atoms with Crippen LogP contribution in [-0.2, 0) is 6.54 Å². The molecule has 1 aromatic heterocycles. The summed E-state index contributed by atoms with van der Waals surface area (Å²) in [6, 6.07) is 12.0. The predicted molar refractivity (Wildman–Crippen MR) is 77.6 cm³/mol. The predicted octanol–water partition coefficient (Wildman–Crippen LogP) is 3.75. The minimum absolute atomic E-state index is 0.680. The molecule has 0 bridgehead atoms. The van der Waals surface area contributed by atoms with Gasteiger partial charge in [-0.15, -0.1) is 5.10 Å². The van der Waals surface area contributed by atoms with Crippen molar-refractivity contribution in [1.29, 1.82) is 0 Å². The second-order valence-corrected chi connectivity index (χ2v) is 5.24. The summed E-state index contributed by atoms with van der Waals surface area (Å²) in [4.78, 5) is 0. The zero-order valence-corrected chi connectivity index (χ0v) is 11.6. The van der Waals surface area contributed by atoms with Crippen LogP contribution >= 0.6 is 11.6 Å². The fourth-order valence-electron chi connectivity index (χ4n) is 2.15. The van der Waals surface area contributed by atoms with Crippen LogP contribution in [0, 0.1) is 13.8 Å². The van der Waals surface area contributed by atoms with Gasteiger partial charge in [-0.25, -0.2) is 4.68 Å². The average molecular weight is 272 g/mol. The molecule has 0 N–H and O–H groups in total. The van der Waals surface area contributed by atoms with Crippen LogP contribution < -0.4 is 0 Å². The Morgan fingerprint density at radius 3 is 2.68 bits per heavy atom. The summed E-state index contributed by atoms with van der Waals surface area (Å²) in [7, 11) is 0. The quantitative estimate of drug-likeness (QED) is 0.711. The van der Waals surface area contributed by atoms with E-state index in [-0.39, 0.29) is 0 Å². The van der Waals surface area contributed by atoms with Gasteiger partial charge < -0.3 is 0 Å². The number of nitrogens with zero attached hydrogens (tertiary/aromatic N) is 3. The number of benzene rings is 2. The van der Waals surface area contributed by atoms with Crippen LogP contribution in [0.15, 0.2) is 36.4 Å². The molecule has 2 aromatic carbocycles. The van der Waals surface area contributed by atoms with Gasteiger partial charge in [-0.1, -0.05) is 28.9 Å². The molecule has 19 heavy (non-hydrogen) atoms. The minimum atomic E-state index is 0.680. The highest BCUT2D eigenvalue weighted by atomic mass is 35.5. The van der Waals surface area contributed by atoms with Gasteiger partial charge in [0.1, 0.15) is 5.52 Å². The van der Waals surface area contributed by atoms with Crippen LogP contribution in [0.1, 0.15) is 16.7 Å². The molecule has 0 radical (unpaired) electrons. The molecule has 0 fully saturated rings. The van der Waals surface area contributed by atoms with Crippen LogP contribution in [-0.4, -0.2) is 15.0 Å². The van der Waals surface area contributed by atoms with E-state index in [0.29, 0.717) is 6.54 Å². The maximum atomic E-state index is 6.00. The van der Waals surface area contributed by atoms with E-state index in [1.165, 1.54) is 11.1 Å². The standard InChI is InChI=1S/C15H14ClN3/c1-10-6-14-15(7-11(10)2)19(18-17-14)9-12-4-3-5-13(16)8-12/h3-8H,9H2,1-2H3. The molecular formula is C15H14ClN3. The van der Waals surface area contributed by atoms with E-state index in [4.69, 9.17) is 11.6 Å². The van der Waals surface area contributed by atoms with E-state index in [0.717, 1.165) is 21.6 Å². The van der Waals surface area contributed by atoms with Crippen molar-refractivity contribution in [1.82, 2.24) is 15.0 Å². The molecule has 0 spiro atoms. The Balaban J connectivity index is 2.04. The van der Waals surface area contributed by atoms with E-state index in [1.807, 2.05) is 28.9 Å². The van der Waals surface area contributed by atoms with Crippen molar-refractivity contribution in [3.05, 3.63) is 58.1 Å². The number of aromatic nitrogens is 3. The first-order chi connectivity index (χ1) is 9.13. The molecule has 4 heteroatoms. The lowest BCUT2D eigenvalue weighted by molar-refractivity contribution is 0.670. The molecule has 96 valence electrons. The van der Waals surface area contributed by atoms with Crippen LogP contribution in [0.5, 0.6) is 0 Å². The van der Waals surface area contributed by atoms with Gasteiger partial charge in [0.05, 0.1) is 12.1 Å². The van der Waals surface area contributed by atoms with Crippen molar-refractivity contribution < 1.29 is 0 Å². The summed E-state index contributed by atoms with van der Waals surface area (Å²) < 4.78 is 1.91. The van der Waals surface area contributed by atoms with Gasteiger partial charge in [0, 0.05) is 5.02 Å². The molecule has 3 aromatic rings. The monoisotopic (exact) mass is 271 g/mol. The molecule has 3 nitrogen and oxygen atoms in total. The van der Waals surface area contributed by atoms with Crippen molar-refractivity contribution in [2.45, 2.75) is 20.4 Å². The Morgan fingerprint density at radius 1 is 1.11 bits per heavy atom. The number of halogens is 1. The van der Waals surface area contributed by atoms with Crippen LogP contribution in [0.3, 0.4) is 0 Å². The SMILES string of the molecule is Cc1cc2nnn(Cc3cccc(Cl)c3)c2cc1C. The normalized spacial score (nSPS) is 11.1. The molecule has 0 unspecified atom stereocenters. The lowest BCUT2D eigenvalue weighted by atomic mass is 10.1. The molecule has 0 atom stereocenters. The summed E-state index contributed by atoms with van der Waals surface area (Å²) in [6.45, 7) is 4.87. The molecule has 0 aliphatic rings. The maximum absolute atomic E-state index is 6.00.